The van der Waals surface area contributed by atoms with E-state index < -0.39 is 11.7 Å². The van der Waals surface area contributed by atoms with Gasteiger partial charge in [0.05, 0.1) is 5.56 Å². The minimum atomic E-state index is -4.47. The van der Waals surface area contributed by atoms with Gasteiger partial charge < -0.3 is 4.90 Å². The third-order valence-electron chi connectivity index (χ3n) is 6.03. The lowest BCUT2D eigenvalue weighted by Gasteiger charge is -2.32. The molecular weight excluding hydrogens is 427 g/mol. The van der Waals surface area contributed by atoms with Crippen molar-refractivity contribution in [2.75, 3.05) is 13.1 Å². The lowest BCUT2D eigenvalue weighted by molar-refractivity contribution is -0.136. The molecule has 0 bridgehead atoms. The number of hydrogen-bond donors (Lipinski definition) is 0. The van der Waals surface area contributed by atoms with Gasteiger partial charge in [-0.2, -0.15) is 13.2 Å². The van der Waals surface area contributed by atoms with Crippen LogP contribution in [0.25, 0.3) is 10.8 Å². The van der Waals surface area contributed by atoms with Gasteiger partial charge in [0.2, 0.25) is 0 Å². The first kappa shape index (κ1) is 24.5. The molecule has 174 valence electrons. The van der Waals surface area contributed by atoms with Crippen molar-refractivity contribution in [3.8, 4) is 0 Å². The fourth-order valence-corrected chi connectivity index (χ4v) is 4.32. The standard InChI is InChI=1S/C25H22F3NO2.C2H6/c1-16(30)17-8-10-18(11-9-17)19-12-14-29(15-13-19)24(31)22-6-2-5-21-20(22)4-3-7-23(21)25(26,27)28;1-2/h2-11,19H,12-15H2,1H3;1-2H3. The van der Waals surface area contributed by atoms with E-state index in [1.54, 1.807) is 17.0 Å². The zero-order chi connectivity index (χ0) is 24.2. The van der Waals surface area contributed by atoms with E-state index in [-0.39, 0.29) is 23.0 Å². The summed E-state index contributed by atoms with van der Waals surface area (Å²) in [5.41, 5.74) is 1.38. The van der Waals surface area contributed by atoms with Crippen LogP contribution in [0, 0.1) is 0 Å². The molecule has 1 saturated heterocycles. The molecule has 3 aromatic carbocycles. The number of likely N-dealkylation sites (tertiary alicyclic amines) is 1. The molecular formula is C27H28F3NO2. The van der Waals surface area contributed by atoms with Crippen LogP contribution in [-0.2, 0) is 6.18 Å². The number of carbonyl (C=O) groups excluding carboxylic acids is 2. The molecule has 0 aliphatic carbocycles. The summed E-state index contributed by atoms with van der Waals surface area (Å²) in [4.78, 5) is 26.3. The van der Waals surface area contributed by atoms with Crippen molar-refractivity contribution < 1.29 is 22.8 Å². The van der Waals surface area contributed by atoms with Gasteiger partial charge >= 0.3 is 6.18 Å². The number of fused-ring (bicyclic) bond motifs is 1. The predicted molar refractivity (Wildman–Crippen MR) is 125 cm³/mol. The molecule has 1 aliphatic heterocycles. The highest BCUT2D eigenvalue weighted by Gasteiger charge is 2.33. The Labute approximate surface area is 192 Å². The first-order valence-corrected chi connectivity index (χ1v) is 11.2. The van der Waals surface area contributed by atoms with Crippen molar-refractivity contribution in [1.29, 1.82) is 0 Å². The summed E-state index contributed by atoms with van der Waals surface area (Å²) in [6, 6.07) is 16.0. The van der Waals surface area contributed by atoms with E-state index in [0.29, 0.717) is 29.6 Å². The summed E-state index contributed by atoms with van der Waals surface area (Å²) in [7, 11) is 0. The monoisotopic (exact) mass is 455 g/mol. The van der Waals surface area contributed by atoms with Gasteiger partial charge in [0, 0.05) is 24.2 Å². The van der Waals surface area contributed by atoms with E-state index in [9.17, 15) is 22.8 Å². The number of nitrogens with zero attached hydrogens (tertiary/aromatic N) is 1. The second-order valence-corrected chi connectivity index (χ2v) is 7.95. The maximum atomic E-state index is 13.4. The third kappa shape index (κ3) is 5.27. The molecule has 0 radical (unpaired) electrons. The van der Waals surface area contributed by atoms with Gasteiger partial charge in [-0.05, 0) is 54.2 Å². The minimum absolute atomic E-state index is 0.0238. The largest absolute Gasteiger partial charge is 0.417 e. The number of amides is 1. The quantitative estimate of drug-likeness (QED) is 0.395. The summed E-state index contributed by atoms with van der Waals surface area (Å²) in [5, 5.41) is 0.366. The SMILES string of the molecule is CC.CC(=O)c1ccc(C2CCN(C(=O)c3cccc4c(C(F)(F)F)cccc34)CC2)cc1. The van der Waals surface area contributed by atoms with Crippen LogP contribution >= 0.6 is 0 Å². The molecule has 0 aromatic heterocycles. The van der Waals surface area contributed by atoms with E-state index in [1.807, 2.05) is 38.1 Å². The average Bonchev–Trinajstić information content (AvgIpc) is 2.83. The second kappa shape index (κ2) is 10.2. The van der Waals surface area contributed by atoms with Crippen LogP contribution in [0.5, 0.6) is 0 Å². The van der Waals surface area contributed by atoms with Gasteiger partial charge in [-0.1, -0.05) is 62.4 Å². The predicted octanol–water partition coefficient (Wildman–Crippen LogP) is 7.11. The van der Waals surface area contributed by atoms with Crippen molar-refractivity contribution in [3.63, 3.8) is 0 Å². The summed E-state index contributed by atoms with van der Waals surface area (Å²) in [5.74, 6) is 0.0699. The molecule has 0 spiro atoms. The summed E-state index contributed by atoms with van der Waals surface area (Å²) in [6.45, 7) is 6.60. The first-order valence-electron chi connectivity index (χ1n) is 11.2. The number of ketones is 1. The highest BCUT2D eigenvalue weighted by atomic mass is 19.4. The van der Waals surface area contributed by atoms with Gasteiger partial charge in [0.25, 0.3) is 5.91 Å². The number of alkyl halides is 3. The maximum Gasteiger partial charge on any atom is 0.417 e. The van der Waals surface area contributed by atoms with Gasteiger partial charge in [0.15, 0.2) is 5.78 Å². The van der Waals surface area contributed by atoms with Gasteiger partial charge in [-0.3, -0.25) is 9.59 Å². The van der Waals surface area contributed by atoms with Crippen LogP contribution in [-0.4, -0.2) is 29.7 Å². The molecule has 0 N–H and O–H groups in total. The number of benzene rings is 3. The summed E-state index contributed by atoms with van der Waals surface area (Å²) >= 11 is 0. The summed E-state index contributed by atoms with van der Waals surface area (Å²) < 4.78 is 40.1. The minimum Gasteiger partial charge on any atom is -0.339 e. The number of halogens is 3. The summed E-state index contributed by atoms with van der Waals surface area (Å²) in [6.07, 6.45) is -2.94. The van der Waals surface area contributed by atoms with Gasteiger partial charge in [-0.15, -0.1) is 0 Å². The van der Waals surface area contributed by atoms with Crippen molar-refractivity contribution in [2.45, 2.75) is 45.7 Å². The Hall–Kier alpha value is -3.15. The Morgan fingerprint density at radius 1 is 0.848 bits per heavy atom. The Balaban J connectivity index is 0.00000149. The highest BCUT2D eigenvalue weighted by Crippen LogP contribution is 2.36. The molecule has 33 heavy (non-hydrogen) atoms. The Morgan fingerprint density at radius 3 is 2.00 bits per heavy atom. The van der Waals surface area contributed by atoms with Crippen molar-refractivity contribution in [3.05, 3.63) is 82.9 Å². The molecule has 0 unspecified atom stereocenters. The van der Waals surface area contributed by atoms with Crippen molar-refractivity contribution in [2.24, 2.45) is 0 Å². The van der Waals surface area contributed by atoms with E-state index in [1.165, 1.54) is 25.1 Å². The molecule has 0 saturated carbocycles. The number of Topliss-reactive ketones (excluding diaryl/α,β-unsaturated/α-hetero) is 1. The van der Waals surface area contributed by atoms with Gasteiger partial charge in [-0.25, -0.2) is 0 Å². The Kier molecular flexibility index (Phi) is 7.57. The number of carbonyl (C=O) groups is 2. The zero-order valence-corrected chi connectivity index (χ0v) is 19.1. The zero-order valence-electron chi connectivity index (χ0n) is 19.1. The molecule has 1 aliphatic rings. The molecule has 3 nitrogen and oxygen atoms in total. The van der Waals surface area contributed by atoms with Crippen molar-refractivity contribution in [1.82, 2.24) is 4.90 Å². The Morgan fingerprint density at radius 2 is 1.42 bits per heavy atom. The smallest absolute Gasteiger partial charge is 0.339 e. The lowest BCUT2D eigenvalue weighted by Crippen LogP contribution is -2.38. The fourth-order valence-electron chi connectivity index (χ4n) is 4.32. The van der Waals surface area contributed by atoms with Crippen LogP contribution < -0.4 is 0 Å². The fraction of sp³-hybridized carbons (Fsp3) is 0.333. The molecule has 1 fully saturated rings. The van der Waals surface area contributed by atoms with Crippen LogP contribution in [0.4, 0.5) is 13.2 Å². The number of hydrogen-bond acceptors (Lipinski definition) is 2. The third-order valence-corrected chi connectivity index (χ3v) is 6.03. The topological polar surface area (TPSA) is 37.4 Å². The second-order valence-electron chi connectivity index (χ2n) is 7.95. The molecule has 6 heteroatoms. The number of piperidine rings is 1. The molecule has 4 rings (SSSR count). The highest BCUT2D eigenvalue weighted by molar-refractivity contribution is 6.07. The maximum absolute atomic E-state index is 13.4. The van der Waals surface area contributed by atoms with E-state index in [4.69, 9.17) is 0 Å². The van der Waals surface area contributed by atoms with E-state index in [0.717, 1.165) is 24.5 Å². The van der Waals surface area contributed by atoms with Crippen LogP contribution in [0.2, 0.25) is 0 Å². The molecule has 1 heterocycles. The van der Waals surface area contributed by atoms with Crippen LogP contribution in [0.1, 0.15) is 71.4 Å². The first-order chi connectivity index (χ1) is 15.8. The lowest BCUT2D eigenvalue weighted by atomic mass is 9.88. The average molecular weight is 456 g/mol. The molecule has 3 aromatic rings. The molecule has 1 amide bonds. The normalized spacial score (nSPS) is 14.5. The van der Waals surface area contributed by atoms with E-state index >= 15 is 0 Å². The van der Waals surface area contributed by atoms with E-state index in [2.05, 4.69) is 0 Å². The van der Waals surface area contributed by atoms with Crippen LogP contribution in [0.3, 0.4) is 0 Å². The van der Waals surface area contributed by atoms with Gasteiger partial charge in [0.1, 0.15) is 0 Å². The van der Waals surface area contributed by atoms with Crippen molar-refractivity contribution >= 4 is 22.5 Å². The molecule has 0 atom stereocenters. The van der Waals surface area contributed by atoms with Crippen LogP contribution in [0.15, 0.2) is 60.7 Å². The Bertz CT molecular complexity index is 1130. The number of rotatable bonds is 3.